The first-order valence-corrected chi connectivity index (χ1v) is 9.44. The zero-order chi connectivity index (χ0) is 15.6. The fourth-order valence-corrected chi connectivity index (χ4v) is 4.44. The molecule has 0 atom stereocenters. The monoisotopic (exact) mass is 343 g/mol. The van der Waals surface area contributed by atoms with E-state index >= 15 is 0 Å². The number of thiophene rings is 1. The number of hydrogen-bond donors (Lipinski definition) is 0. The molecule has 0 radical (unpaired) electrons. The number of aromatic nitrogens is 1. The molecule has 1 aromatic carbocycles. The zero-order valence-corrected chi connectivity index (χ0v) is 14.3. The van der Waals surface area contributed by atoms with Gasteiger partial charge >= 0.3 is 0 Å². The average molecular weight is 343 g/mol. The van der Waals surface area contributed by atoms with Crippen molar-refractivity contribution in [3.05, 3.63) is 51.7 Å². The van der Waals surface area contributed by atoms with Crippen molar-refractivity contribution < 1.29 is 4.79 Å². The molecule has 0 bridgehead atoms. The molecular weight excluding hydrogens is 326 g/mol. The van der Waals surface area contributed by atoms with Crippen molar-refractivity contribution in [3.8, 4) is 0 Å². The second-order valence-electron chi connectivity index (χ2n) is 5.69. The van der Waals surface area contributed by atoms with Crippen LogP contribution in [0.25, 0.3) is 10.2 Å². The summed E-state index contributed by atoms with van der Waals surface area (Å²) in [6.45, 7) is 4.38. The van der Waals surface area contributed by atoms with E-state index in [1.165, 1.54) is 16.9 Å². The zero-order valence-electron chi connectivity index (χ0n) is 12.6. The second kappa shape index (κ2) is 6.39. The molecule has 1 aliphatic rings. The van der Waals surface area contributed by atoms with Crippen LogP contribution in [0.3, 0.4) is 0 Å². The van der Waals surface area contributed by atoms with Gasteiger partial charge in [0.25, 0.3) is 5.91 Å². The predicted octanol–water partition coefficient (Wildman–Crippen LogP) is 3.32. The SMILES string of the molecule is O=C(c1nc2ccccc2s1)N1CCN(Cc2ccsc2)CC1. The second-order valence-corrected chi connectivity index (χ2v) is 7.50. The van der Waals surface area contributed by atoms with Crippen molar-refractivity contribution in [2.45, 2.75) is 6.54 Å². The molecule has 1 aliphatic heterocycles. The molecule has 0 saturated carbocycles. The van der Waals surface area contributed by atoms with E-state index in [-0.39, 0.29) is 5.91 Å². The standard InChI is InChI=1S/C17H17N3OS2/c21-17(16-18-14-3-1-2-4-15(14)23-16)20-8-6-19(7-9-20)11-13-5-10-22-12-13/h1-5,10,12H,6-9,11H2. The smallest absolute Gasteiger partial charge is 0.282 e. The number of amides is 1. The maximum atomic E-state index is 12.7. The Morgan fingerprint density at radius 2 is 1.96 bits per heavy atom. The van der Waals surface area contributed by atoms with Crippen molar-refractivity contribution in [2.75, 3.05) is 26.2 Å². The number of piperazine rings is 1. The fourth-order valence-electron chi connectivity index (χ4n) is 2.85. The maximum absolute atomic E-state index is 12.7. The lowest BCUT2D eigenvalue weighted by Crippen LogP contribution is -2.48. The number of thiazole rings is 1. The van der Waals surface area contributed by atoms with E-state index in [4.69, 9.17) is 0 Å². The lowest BCUT2D eigenvalue weighted by atomic mass is 10.2. The molecule has 0 aliphatic carbocycles. The van der Waals surface area contributed by atoms with E-state index in [0.29, 0.717) is 5.01 Å². The van der Waals surface area contributed by atoms with Gasteiger partial charge in [0.15, 0.2) is 5.01 Å². The molecule has 4 nitrogen and oxygen atoms in total. The Morgan fingerprint density at radius 1 is 1.13 bits per heavy atom. The summed E-state index contributed by atoms with van der Waals surface area (Å²) in [5.74, 6) is 0.0707. The van der Waals surface area contributed by atoms with Crippen LogP contribution in [0.2, 0.25) is 0 Å². The first-order chi connectivity index (χ1) is 11.3. The molecule has 1 saturated heterocycles. The Kier molecular flexibility index (Phi) is 4.11. The topological polar surface area (TPSA) is 36.4 Å². The lowest BCUT2D eigenvalue weighted by molar-refractivity contribution is 0.0628. The minimum atomic E-state index is 0.0707. The molecule has 3 aromatic rings. The number of carbonyl (C=O) groups excluding carboxylic acids is 1. The summed E-state index contributed by atoms with van der Waals surface area (Å²) in [7, 11) is 0. The summed E-state index contributed by atoms with van der Waals surface area (Å²) in [4.78, 5) is 21.5. The highest BCUT2D eigenvalue weighted by molar-refractivity contribution is 7.20. The highest BCUT2D eigenvalue weighted by Gasteiger charge is 2.24. The molecule has 0 N–H and O–H groups in total. The van der Waals surface area contributed by atoms with Crippen molar-refractivity contribution in [2.24, 2.45) is 0 Å². The Balaban J connectivity index is 1.40. The van der Waals surface area contributed by atoms with Crippen molar-refractivity contribution >= 4 is 38.8 Å². The van der Waals surface area contributed by atoms with Gasteiger partial charge in [-0.1, -0.05) is 12.1 Å². The van der Waals surface area contributed by atoms with E-state index in [2.05, 4.69) is 26.7 Å². The largest absolute Gasteiger partial charge is 0.334 e. The van der Waals surface area contributed by atoms with Gasteiger partial charge in [0.2, 0.25) is 0 Å². The van der Waals surface area contributed by atoms with Crippen LogP contribution in [0.5, 0.6) is 0 Å². The van der Waals surface area contributed by atoms with Crippen LogP contribution in [-0.4, -0.2) is 46.9 Å². The minimum Gasteiger partial charge on any atom is -0.334 e. The molecule has 4 rings (SSSR count). The number of hydrogen-bond acceptors (Lipinski definition) is 5. The molecule has 0 spiro atoms. The first-order valence-electron chi connectivity index (χ1n) is 7.68. The number of nitrogens with zero attached hydrogens (tertiary/aromatic N) is 3. The first kappa shape index (κ1) is 14.8. The predicted molar refractivity (Wildman–Crippen MR) is 95.1 cm³/mol. The Labute approximate surface area is 143 Å². The molecule has 3 heterocycles. The van der Waals surface area contributed by atoms with Gasteiger partial charge in [-0.25, -0.2) is 4.98 Å². The number of benzene rings is 1. The van der Waals surface area contributed by atoms with Gasteiger partial charge in [-0.2, -0.15) is 11.3 Å². The third-order valence-electron chi connectivity index (χ3n) is 4.12. The fraction of sp³-hybridized carbons (Fsp3) is 0.294. The summed E-state index contributed by atoms with van der Waals surface area (Å²) in [6.07, 6.45) is 0. The van der Waals surface area contributed by atoms with Gasteiger partial charge in [-0.3, -0.25) is 9.69 Å². The molecule has 1 fully saturated rings. The third-order valence-corrected chi connectivity index (χ3v) is 5.88. The molecule has 2 aromatic heterocycles. The molecule has 23 heavy (non-hydrogen) atoms. The number of para-hydroxylation sites is 1. The van der Waals surface area contributed by atoms with Gasteiger partial charge in [-0.15, -0.1) is 11.3 Å². The van der Waals surface area contributed by atoms with Gasteiger partial charge in [0.1, 0.15) is 0 Å². The van der Waals surface area contributed by atoms with Crippen molar-refractivity contribution in [3.63, 3.8) is 0 Å². The summed E-state index contributed by atoms with van der Waals surface area (Å²) in [6, 6.07) is 10.1. The van der Waals surface area contributed by atoms with E-state index in [9.17, 15) is 4.79 Å². The summed E-state index contributed by atoms with van der Waals surface area (Å²) >= 11 is 3.22. The van der Waals surface area contributed by atoms with Gasteiger partial charge < -0.3 is 4.90 Å². The van der Waals surface area contributed by atoms with E-state index in [0.717, 1.165) is 42.9 Å². The molecular formula is C17H17N3OS2. The normalized spacial score (nSPS) is 16.1. The highest BCUT2D eigenvalue weighted by atomic mass is 32.1. The van der Waals surface area contributed by atoms with Crippen molar-refractivity contribution in [1.82, 2.24) is 14.8 Å². The van der Waals surface area contributed by atoms with Gasteiger partial charge in [0.05, 0.1) is 10.2 Å². The highest BCUT2D eigenvalue weighted by Crippen LogP contribution is 2.23. The average Bonchev–Trinajstić information content (AvgIpc) is 3.24. The quantitative estimate of drug-likeness (QED) is 0.732. The van der Waals surface area contributed by atoms with Crippen LogP contribution >= 0.6 is 22.7 Å². The van der Waals surface area contributed by atoms with Gasteiger partial charge in [-0.05, 0) is 34.5 Å². The van der Waals surface area contributed by atoms with E-state index < -0.39 is 0 Å². The number of rotatable bonds is 3. The van der Waals surface area contributed by atoms with Crippen LogP contribution in [-0.2, 0) is 6.54 Å². The Bertz CT molecular complexity index is 771. The summed E-state index contributed by atoms with van der Waals surface area (Å²) in [5.41, 5.74) is 2.28. The van der Waals surface area contributed by atoms with Crippen molar-refractivity contribution in [1.29, 1.82) is 0 Å². The molecule has 1 amide bonds. The van der Waals surface area contributed by atoms with Crippen LogP contribution in [0, 0.1) is 0 Å². The van der Waals surface area contributed by atoms with Crippen LogP contribution in [0.4, 0.5) is 0 Å². The number of carbonyl (C=O) groups is 1. The molecule has 6 heteroatoms. The summed E-state index contributed by atoms with van der Waals surface area (Å²) < 4.78 is 1.08. The third kappa shape index (κ3) is 3.15. The Hall–Kier alpha value is -1.76. The Morgan fingerprint density at radius 3 is 2.70 bits per heavy atom. The van der Waals surface area contributed by atoms with Crippen LogP contribution < -0.4 is 0 Å². The van der Waals surface area contributed by atoms with Gasteiger partial charge in [0, 0.05) is 32.7 Å². The molecule has 0 unspecified atom stereocenters. The van der Waals surface area contributed by atoms with Crippen LogP contribution in [0.1, 0.15) is 15.4 Å². The van der Waals surface area contributed by atoms with E-state index in [1.54, 1.807) is 11.3 Å². The maximum Gasteiger partial charge on any atom is 0.282 e. The van der Waals surface area contributed by atoms with Crippen LogP contribution in [0.15, 0.2) is 41.1 Å². The van der Waals surface area contributed by atoms with E-state index in [1.807, 2.05) is 29.2 Å². The number of fused-ring (bicyclic) bond motifs is 1. The molecule has 118 valence electrons. The minimum absolute atomic E-state index is 0.0707. The summed E-state index contributed by atoms with van der Waals surface area (Å²) in [5, 5.41) is 4.92. The lowest BCUT2D eigenvalue weighted by Gasteiger charge is -2.34.